The van der Waals surface area contributed by atoms with E-state index in [2.05, 4.69) is 21.7 Å². The fourth-order valence-electron chi connectivity index (χ4n) is 1.28. The van der Waals surface area contributed by atoms with Gasteiger partial charge in [-0.1, -0.05) is 12.1 Å². The van der Waals surface area contributed by atoms with E-state index in [1.165, 1.54) is 10.9 Å². The molecule has 0 unspecified atom stereocenters. The van der Waals surface area contributed by atoms with Crippen LogP contribution in [0, 0.1) is 5.95 Å². The van der Waals surface area contributed by atoms with Crippen LogP contribution in [0.3, 0.4) is 0 Å². The molecular formula is C11H11FN2S. The number of hydrogen-bond acceptors (Lipinski definition) is 3. The Hall–Kier alpha value is -1.42. The second-order valence-corrected chi connectivity index (χ2v) is 4.13. The van der Waals surface area contributed by atoms with Gasteiger partial charge < -0.3 is 5.32 Å². The van der Waals surface area contributed by atoms with E-state index in [1.54, 1.807) is 23.5 Å². The van der Waals surface area contributed by atoms with Gasteiger partial charge in [0.25, 0.3) is 0 Å². The number of pyridine rings is 1. The normalized spacial score (nSPS) is 10.2. The van der Waals surface area contributed by atoms with Gasteiger partial charge in [0, 0.05) is 11.4 Å². The van der Waals surface area contributed by atoms with E-state index in [4.69, 9.17) is 0 Å². The van der Waals surface area contributed by atoms with Gasteiger partial charge in [-0.15, -0.1) is 11.3 Å². The smallest absolute Gasteiger partial charge is 0.214 e. The lowest BCUT2D eigenvalue weighted by Crippen LogP contribution is -2.05. The van der Waals surface area contributed by atoms with Crippen LogP contribution >= 0.6 is 11.3 Å². The topological polar surface area (TPSA) is 24.9 Å². The molecule has 1 N–H and O–H groups in total. The van der Waals surface area contributed by atoms with E-state index in [0.29, 0.717) is 5.82 Å². The summed E-state index contributed by atoms with van der Waals surface area (Å²) < 4.78 is 12.7. The van der Waals surface area contributed by atoms with Gasteiger partial charge in [0.15, 0.2) is 0 Å². The van der Waals surface area contributed by atoms with Gasteiger partial charge in [-0.3, -0.25) is 0 Å². The van der Waals surface area contributed by atoms with Gasteiger partial charge >= 0.3 is 0 Å². The van der Waals surface area contributed by atoms with Crippen molar-refractivity contribution in [3.63, 3.8) is 0 Å². The third-order valence-electron chi connectivity index (χ3n) is 1.97. The molecule has 0 saturated carbocycles. The Kier molecular flexibility index (Phi) is 3.29. The first-order valence-electron chi connectivity index (χ1n) is 4.73. The van der Waals surface area contributed by atoms with Crippen LogP contribution in [0.15, 0.2) is 35.7 Å². The number of anilines is 1. The van der Waals surface area contributed by atoms with Gasteiger partial charge in [-0.25, -0.2) is 4.98 Å². The summed E-state index contributed by atoms with van der Waals surface area (Å²) in [6.45, 7) is 0.775. The number of nitrogens with one attached hydrogen (secondary N) is 1. The SMILES string of the molecule is Fc1cccc(NCCc2cccs2)n1. The maximum Gasteiger partial charge on any atom is 0.214 e. The Labute approximate surface area is 91.8 Å². The molecule has 2 nitrogen and oxygen atoms in total. The first-order chi connectivity index (χ1) is 7.34. The van der Waals surface area contributed by atoms with Crippen LogP contribution < -0.4 is 5.32 Å². The van der Waals surface area contributed by atoms with Crippen LogP contribution in [-0.4, -0.2) is 11.5 Å². The maximum atomic E-state index is 12.7. The van der Waals surface area contributed by atoms with Crippen molar-refractivity contribution >= 4 is 17.2 Å². The molecule has 0 saturated heterocycles. The van der Waals surface area contributed by atoms with E-state index in [1.807, 2.05) is 6.07 Å². The van der Waals surface area contributed by atoms with E-state index in [9.17, 15) is 4.39 Å². The summed E-state index contributed by atoms with van der Waals surface area (Å²) in [6.07, 6.45) is 0.940. The average molecular weight is 222 g/mol. The van der Waals surface area contributed by atoms with Gasteiger partial charge in [0.1, 0.15) is 5.82 Å². The Bertz CT molecular complexity index is 414. The number of halogens is 1. The number of rotatable bonds is 4. The summed E-state index contributed by atoms with van der Waals surface area (Å²) in [5.41, 5.74) is 0. The monoisotopic (exact) mass is 222 g/mol. The summed E-state index contributed by atoms with van der Waals surface area (Å²) in [4.78, 5) is 5.04. The predicted molar refractivity (Wildman–Crippen MR) is 60.7 cm³/mol. The second-order valence-electron chi connectivity index (χ2n) is 3.10. The van der Waals surface area contributed by atoms with Crippen molar-refractivity contribution in [2.24, 2.45) is 0 Å². The molecule has 0 aliphatic heterocycles. The molecule has 0 bridgehead atoms. The summed E-state index contributed by atoms with van der Waals surface area (Å²) in [7, 11) is 0. The van der Waals surface area contributed by atoms with Crippen molar-refractivity contribution in [1.29, 1.82) is 0 Å². The van der Waals surface area contributed by atoms with Crippen molar-refractivity contribution in [1.82, 2.24) is 4.98 Å². The molecule has 2 rings (SSSR count). The number of thiophene rings is 1. The van der Waals surface area contributed by atoms with Crippen molar-refractivity contribution in [3.8, 4) is 0 Å². The first kappa shape index (κ1) is 10.1. The molecule has 0 fully saturated rings. The molecule has 4 heteroatoms. The molecule has 0 aliphatic rings. The lowest BCUT2D eigenvalue weighted by Gasteiger charge is -2.03. The van der Waals surface area contributed by atoms with Crippen LogP contribution in [0.4, 0.5) is 10.2 Å². The van der Waals surface area contributed by atoms with Gasteiger partial charge in [-0.2, -0.15) is 4.39 Å². The van der Waals surface area contributed by atoms with Crippen LogP contribution in [0.5, 0.6) is 0 Å². The Morgan fingerprint density at radius 1 is 1.27 bits per heavy atom. The fourth-order valence-corrected chi connectivity index (χ4v) is 1.98. The van der Waals surface area contributed by atoms with Gasteiger partial charge in [0.2, 0.25) is 5.95 Å². The zero-order valence-corrected chi connectivity index (χ0v) is 8.93. The lowest BCUT2D eigenvalue weighted by molar-refractivity contribution is 0.585. The average Bonchev–Trinajstić information content (AvgIpc) is 2.71. The van der Waals surface area contributed by atoms with Crippen molar-refractivity contribution in [3.05, 3.63) is 46.5 Å². The Morgan fingerprint density at radius 2 is 2.20 bits per heavy atom. The highest BCUT2D eigenvalue weighted by Gasteiger charge is 1.96. The standard InChI is InChI=1S/C11H11FN2S/c12-10-4-1-5-11(14-10)13-7-6-9-3-2-8-15-9/h1-5,8H,6-7H2,(H,13,14). The van der Waals surface area contributed by atoms with E-state index in [-0.39, 0.29) is 0 Å². The molecule has 2 aromatic heterocycles. The minimum atomic E-state index is -0.448. The van der Waals surface area contributed by atoms with Crippen LogP contribution in [-0.2, 0) is 6.42 Å². The van der Waals surface area contributed by atoms with Crippen molar-refractivity contribution < 1.29 is 4.39 Å². The minimum absolute atomic E-state index is 0.448. The number of hydrogen-bond donors (Lipinski definition) is 1. The second kappa shape index (κ2) is 4.89. The molecule has 0 atom stereocenters. The summed E-state index contributed by atoms with van der Waals surface area (Å²) in [5.74, 6) is 0.141. The largest absolute Gasteiger partial charge is 0.370 e. The molecule has 15 heavy (non-hydrogen) atoms. The maximum absolute atomic E-state index is 12.7. The van der Waals surface area contributed by atoms with E-state index < -0.39 is 5.95 Å². The van der Waals surface area contributed by atoms with Crippen molar-refractivity contribution in [2.45, 2.75) is 6.42 Å². The van der Waals surface area contributed by atoms with E-state index in [0.717, 1.165) is 13.0 Å². The molecule has 0 aromatic carbocycles. The molecule has 2 heterocycles. The highest BCUT2D eigenvalue weighted by atomic mass is 32.1. The molecule has 0 aliphatic carbocycles. The van der Waals surface area contributed by atoms with Crippen LogP contribution in [0.2, 0.25) is 0 Å². The van der Waals surface area contributed by atoms with Crippen LogP contribution in [0.25, 0.3) is 0 Å². The number of nitrogens with zero attached hydrogens (tertiary/aromatic N) is 1. The lowest BCUT2D eigenvalue weighted by atomic mass is 10.3. The Balaban J connectivity index is 1.83. The third kappa shape index (κ3) is 3.02. The summed E-state index contributed by atoms with van der Waals surface area (Å²) >= 11 is 1.73. The Morgan fingerprint density at radius 3 is 2.93 bits per heavy atom. The summed E-state index contributed by atoms with van der Waals surface area (Å²) in [5, 5.41) is 5.13. The predicted octanol–water partition coefficient (Wildman–Crippen LogP) is 2.94. The highest BCUT2D eigenvalue weighted by molar-refractivity contribution is 7.09. The zero-order valence-electron chi connectivity index (χ0n) is 8.11. The van der Waals surface area contributed by atoms with Gasteiger partial charge in [-0.05, 0) is 30.0 Å². The fraction of sp³-hybridized carbons (Fsp3) is 0.182. The zero-order chi connectivity index (χ0) is 10.5. The molecular weight excluding hydrogens is 211 g/mol. The number of aromatic nitrogens is 1. The van der Waals surface area contributed by atoms with Gasteiger partial charge in [0.05, 0.1) is 0 Å². The molecule has 2 aromatic rings. The van der Waals surface area contributed by atoms with Crippen molar-refractivity contribution in [2.75, 3.05) is 11.9 Å². The molecule has 0 spiro atoms. The highest BCUT2D eigenvalue weighted by Crippen LogP contribution is 2.09. The summed E-state index contributed by atoms with van der Waals surface area (Å²) in [6, 6.07) is 8.86. The van der Waals surface area contributed by atoms with E-state index >= 15 is 0 Å². The minimum Gasteiger partial charge on any atom is -0.370 e. The first-order valence-corrected chi connectivity index (χ1v) is 5.61. The third-order valence-corrected chi connectivity index (χ3v) is 2.91. The van der Waals surface area contributed by atoms with Crippen LogP contribution in [0.1, 0.15) is 4.88 Å². The molecule has 0 amide bonds. The quantitative estimate of drug-likeness (QED) is 0.804. The molecule has 78 valence electrons. The molecule has 0 radical (unpaired) electrons.